The molecule has 0 aliphatic carbocycles. The molecule has 0 spiro atoms. The Bertz CT molecular complexity index is 555. The second-order valence-electron chi connectivity index (χ2n) is 4.24. The van der Waals surface area contributed by atoms with Crippen LogP contribution in [0.15, 0.2) is 46.9 Å². The number of hydrogen-bond acceptors (Lipinski definition) is 2. The molecule has 0 saturated heterocycles. The number of aliphatic hydroxyl groups is 1. The van der Waals surface area contributed by atoms with E-state index in [1.165, 1.54) is 0 Å². The van der Waals surface area contributed by atoms with Crippen LogP contribution in [-0.2, 0) is 6.42 Å². The zero-order valence-electron chi connectivity index (χ0n) is 10.4. The Hall–Kier alpha value is -1.03. The highest BCUT2D eigenvalue weighted by atomic mass is 79.9. The third-order valence-corrected chi connectivity index (χ3v) is 4.13. The van der Waals surface area contributed by atoms with Gasteiger partial charge in [0.2, 0.25) is 0 Å². The predicted molar refractivity (Wildman–Crippen MR) is 80.8 cm³/mol. The second-order valence-corrected chi connectivity index (χ2v) is 5.50. The smallest absolute Gasteiger partial charge is 0.118 e. The summed E-state index contributed by atoms with van der Waals surface area (Å²) >= 11 is 9.30. The van der Waals surface area contributed by atoms with Gasteiger partial charge >= 0.3 is 0 Å². The van der Waals surface area contributed by atoms with Crippen LogP contribution in [0.5, 0.6) is 5.75 Å². The van der Waals surface area contributed by atoms with E-state index in [2.05, 4.69) is 15.9 Å². The minimum absolute atomic E-state index is 0.554. The van der Waals surface area contributed by atoms with Gasteiger partial charge in [0.05, 0.1) is 18.2 Å². The molecular weight excluding hydrogens is 328 g/mol. The molecule has 1 unspecified atom stereocenters. The maximum absolute atomic E-state index is 10.2. The molecule has 0 bridgehead atoms. The summed E-state index contributed by atoms with van der Waals surface area (Å²) in [4.78, 5) is 0. The monoisotopic (exact) mass is 340 g/mol. The lowest BCUT2D eigenvalue weighted by Gasteiger charge is -2.12. The summed E-state index contributed by atoms with van der Waals surface area (Å²) in [6, 6.07) is 13.1. The molecule has 0 fully saturated rings. The van der Waals surface area contributed by atoms with E-state index in [-0.39, 0.29) is 0 Å². The van der Waals surface area contributed by atoms with E-state index < -0.39 is 6.10 Å². The fraction of sp³-hybridized carbons (Fsp3) is 0.200. The number of halogens is 2. The van der Waals surface area contributed by atoms with E-state index in [1.807, 2.05) is 36.4 Å². The molecule has 2 aromatic carbocycles. The van der Waals surface area contributed by atoms with E-state index >= 15 is 0 Å². The quantitative estimate of drug-likeness (QED) is 0.894. The number of methoxy groups -OCH3 is 1. The fourth-order valence-corrected chi connectivity index (χ4v) is 2.34. The summed E-state index contributed by atoms with van der Waals surface area (Å²) in [7, 11) is 1.63. The Labute approximate surface area is 126 Å². The summed E-state index contributed by atoms with van der Waals surface area (Å²) in [6.07, 6.45) is -0.000102. The standard InChI is InChI=1S/C15H14BrClO2/c1-19-12-5-2-10(3-6-12)8-15(18)11-4-7-14(17)13(16)9-11/h2-7,9,15,18H,8H2,1H3. The Morgan fingerprint density at radius 1 is 1.21 bits per heavy atom. The van der Waals surface area contributed by atoms with E-state index in [0.717, 1.165) is 21.3 Å². The average molecular weight is 342 g/mol. The van der Waals surface area contributed by atoms with E-state index in [1.54, 1.807) is 13.2 Å². The first-order valence-electron chi connectivity index (χ1n) is 5.86. The molecule has 0 radical (unpaired) electrons. The molecular formula is C15H14BrClO2. The lowest BCUT2D eigenvalue weighted by atomic mass is 10.0. The molecule has 2 aromatic rings. The summed E-state index contributed by atoms with van der Waals surface area (Å²) in [5, 5.41) is 10.9. The molecule has 0 aliphatic heterocycles. The second kappa shape index (κ2) is 6.42. The van der Waals surface area contributed by atoms with Crippen molar-refractivity contribution in [3.05, 3.63) is 63.1 Å². The van der Waals surface area contributed by atoms with Crippen molar-refractivity contribution in [2.75, 3.05) is 7.11 Å². The Balaban J connectivity index is 2.10. The minimum atomic E-state index is -0.554. The zero-order chi connectivity index (χ0) is 13.8. The van der Waals surface area contributed by atoms with Gasteiger partial charge in [-0.15, -0.1) is 0 Å². The molecule has 2 nitrogen and oxygen atoms in total. The molecule has 0 heterocycles. The molecule has 100 valence electrons. The predicted octanol–water partition coefficient (Wildman–Crippen LogP) is 4.39. The maximum atomic E-state index is 10.2. The summed E-state index contributed by atoms with van der Waals surface area (Å²) in [5.74, 6) is 0.812. The van der Waals surface area contributed by atoms with Crippen molar-refractivity contribution in [1.29, 1.82) is 0 Å². The topological polar surface area (TPSA) is 29.5 Å². The van der Waals surface area contributed by atoms with Crippen LogP contribution in [0.2, 0.25) is 5.02 Å². The van der Waals surface area contributed by atoms with Crippen LogP contribution >= 0.6 is 27.5 Å². The van der Waals surface area contributed by atoms with Crippen molar-refractivity contribution < 1.29 is 9.84 Å². The number of aliphatic hydroxyl groups excluding tert-OH is 1. The molecule has 4 heteroatoms. The van der Waals surface area contributed by atoms with Gasteiger partial charge < -0.3 is 9.84 Å². The lowest BCUT2D eigenvalue weighted by molar-refractivity contribution is 0.178. The van der Waals surface area contributed by atoms with Crippen LogP contribution in [0.1, 0.15) is 17.2 Å². The van der Waals surface area contributed by atoms with Gasteiger partial charge in [-0.25, -0.2) is 0 Å². The summed E-state index contributed by atoms with van der Waals surface area (Å²) < 4.78 is 5.90. The van der Waals surface area contributed by atoms with Gasteiger partial charge in [-0.05, 0) is 51.3 Å². The van der Waals surface area contributed by atoms with Gasteiger partial charge in [0.15, 0.2) is 0 Å². The van der Waals surface area contributed by atoms with Gasteiger partial charge in [-0.2, -0.15) is 0 Å². The van der Waals surface area contributed by atoms with Gasteiger partial charge in [0, 0.05) is 10.9 Å². The highest BCUT2D eigenvalue weighted by Crippen LogP contribution is 2.27. The SMILES string of the molecule is COc1ccc(CC(O)c2ccc(Cl)c(Br)c2)cc1. The molecule has 1 atom stereocenters. The molecule has 0 aliphatic rings. The zero-order valence-corrected chi connectivity index (χ0v) is 12.8. The lowest BCUT2D eigenvalue weighted by Crippen LogP contribution is -2.01. The number of benzene rings is 2. The van der Waals surface area contributed by atoms with Crippen molar-refractivity contribution in [3.8, 4) is 5.75 Å². The first kappa shape index (κ1) is 14.4. The Morgan fingerprint density at radius 2 is 1.89 bits per heavy atom. The maximum Gasteiger partial charge on any atom is 0.118 e. The van der Waals surface area contributed by atoms with Crippen molar-refractivity contribution in [3.63, 3.8) is 0 Å². The van der Waals surface area contributed by atoms with E-state index in [0.29, 0.717) is 11.4 Å². The van der Waals surface area contributed by atoms with Crippen LogP contribution in [0.25, 0.3) is 0 Å². The van der Waals surface area contributed by atoms with Gasteiger partial charge in [0.1, 0.15) is 5.75 Å². The minimum Gasteiger partial charge on any atom is -0.497 e. The van der Waals surface area contributed by atoms with Crippen LogP contribution in [0.4, 0.5) is 0 Å². The summed E-state index contributed by atoms with van der Waals surface area (Å²) in [5.41, 5.74) is 1.89. The molecule has 19 heavy (non-hydrogen) atoms. The number of hydrogen-bond donors (Lipinski definition) is 1. The third-order valence-electron chi connectivity index (χ3n) is 2.92. The van der Waals surface area contributed by atoms with Crippen molar-refractivity contribution in [2.45, 2.75) is 12.5 Å². The van der Waals surface area contributed by atoms with Crippen LogP contribution in [0.3, 0.4) is 0 Å². The van der Waals surface area contributed by atoms with Gasteiger partial charge in [0.25, 0.3) is 0 Å². The van der Waals surface area contributed by atoms with Gasteiger partial charge in [-0.3, -0.25) is 0 Å². The van der Waals surface area contributed by atoms with E-state index in [4.69, 9.17) is 16.3 Å². The average Bonchev–Trinajstić information content (AvgIpc) is 2.42. The molecule has 0 aromatic heterocycles. The van der Waals surface area contributed by atoms with Crippen LogP contribution in [-0.4, -0.2) is 12.2 Å². The van der Waals surface area contributed by atoms with Crippen LogP contribution in [0, 0.1) is 0 Å². The van der Waals surface area contributed by atoms with E-state index in [9.17, 15) is 5.11 Å². The van der Waals surface area contributed by atoms with Crippen molar-refractivity contribution >= 4 is 27.5 Å². The molecule has 2 rings (SSSR count). The fourth-order valence-electron chi connectivity index (χ4n) is 1.82. The number of rotatable bonds is 4. The first-order chi connectivity index (χ1) is 9.10. The summed E-state index contributed by atoms with van der Waals surface area (Å²) in [6.45, 7) is 0. The third kappa shape index (κ3) is 3.72. The highest BCUT2D eigenvalue weighted by Gasteiger charge is 2.10. The number of ether oxygens (including phenoxy) is 1. The highest BCUT2D eigenvalue weighted by molar-refractivity contribution is 9.10. The van der Waals surface area contributed by atoms with Crippen molar-refractivity contribution in [1.82, 2.24) is 0 Å². The van der Waals surface area contributed by atoms with Gasteiger partial charge in [-0.1, -0.05) is 29.8 Å². The van der Waals surface area contributed by atoms with Crippen molar-refractivity contribution in [2.24, 2.45) is 0 Å². The molecule has 0 amide bonds. The largest absolute Gasteiger partial charge is 0.497 e. The Kier molecular flexibility index (Phi) is 4.86. The normalized spacial score (nSPS) is 12.2. The Morgan fingerprint density at radius 3 is 2.47 bits per heavy atom. The molecule has 0 saturated carbocycles. The van der Waals surface area contributed by atoms with Crippen LogP contribution < -0.4 is 4.74 Å². The molecule has 1 N–H and O–H groups in total. The first-order valence-corrected chi connectivity index (χ1v) is 7.03.